The highest BCUT2D eigenvalue weighted by molar-refractivity contribution is 6.24. The molecule has 0 radical (unpaired) electrons. The van der Waals surface area contributed by atoms with E-state index in [1.54, 1.807) is 11.1 Å². The number of nitrogens with zero attached hydrogens (tertiary/aromatic N) is 3. The van der Waals surface area contributed by atoms with Crippen LogP contribution in [0, 0.1) is 22.0 Å². The number of anilines is 1. The topological polar surface area (TPSA) is 127 Å². The lowest BCUT2D eigenvalue weighted by Crippen LogP contribution is -2.46. The van der Waals surface area contributed by atoms with E-state index in [2.05, 4.69) is 0 Å². The monoisotopic (exact) mass is 404 g/mol. The fourth-order valence-corrected chi connectivity index (χ4v) is 4.88. The molecular formula is C21H16N4O5. The van der Waals surface area contributed by atoms with Crippen molar-refractivity contribution < 1.29 is 19.3 Å². The van der Waals surface area contributed by atoms with Gasteiger partial charge in [-0.05, 0) is 23.3 Å². The fourth-order valence-electron chi connectivity index (χ4n) is 4.88. The molecule has 3 heterocycles. The minimum atomic E-state index is -0.982. The molecule has 2 N–H and O–H groups in total. The van der Waals surface area contributed by atoms with Crippen LogP contribution in [-0.4, -0.2) is 33.6 Å². The number of imide groups is 1. The molecule has 3 amide bonds. The second kappa shape index (κ2) is 6.24. The van der Waals surface area contributed by atoms with Gasteiger partial charge in [-0.3, -0.25) is 24.5 Å². The van der Waals surface area contributed by atoms with E-state index in [-0.39, 0.29) is 11.4 Å². The SMILES string of the molecule is NC(=O)C1C2C(=O)N(c3cccc([N+](=O)[O-])c3)C(=O)C2C2c3ccccc3C=CN12. The fraction of sp³-hybridized carbons (Fsp3) is 0.190. The minimum absolute atomic E-state index is 0.114. The van der Waals surface area contributed by atoms with Crippen molar-refractivity contribution in [3.05, 3.63) is 76.0 Å². The van der Waals surface area contributed by atoms with Crippen LogP contribution < -0.4 is 10.6 Å². The van der Waals surface area contributed by atoms with Gasteiger partial charge < -0.3 is 10.6 Å². The number of nitrogens with two attached hydrogens (primary N) is 1. The lowest BCUT2D eigenvalue weighted by molar-refractivity contribution is -0.384. The van der Waals surface area contributed by atoms with Gasteiger partial charge in [-0.1, -0.05) is 30.3 Å². The number of benzene rings is 2. The highest BCUT2D eigenvalue weighted by Gasteiger charge is 2.64. The van der Waals surface area contributed by atoms with Crippen molar-refractivity contribution in [3.63, 3.8) is 0 Å². The Hall–Kier alpha value is -4.01. The highest BCUT2D eigenvalue weighted by atomic mass is 16.6. The first-order valence-electron chi connectivity index (χ1n) is 9.36. The zero-order valence-corrected chi connectivity index (χ0v) is 15.5. The summed E-state index contributed by atoms with van der Waals surface area (Å²) in [4.78, 5) is 52.3. The standard InChI is InChI=1S/C21H16N4O5/c22-19(26)18-16-15(17-14-7-2-1-4-11(14)8-9-23(17)18)20(27)24(21(16)28)12-5-3-6-13(10-12)25(29)30/h1-10,15-18H,(H2,22,26). The van der Waals surface area contributed by atoms with Crippen LogP contribution in [0.3, 0.4) is 0 Å². The molecule has 2 fully saturated rings. The Kier molecular flexibility index (Phi) is 3.76. The Morgan fingerprint density at radius 1 is 1.03 bits per heavy atom. The smallest absolute Gasteiger partial charge is 0.271 e. The molecule has 4 unspecified atom stereocenters. The first-order valence-corrected chi connectivity index (χ1v) is 9.36. The molecule has 150 valence electrons. The number of rotatable bonds is 3. The van der Waals surface area contributed by atoms with E-state index < -0.39 is 46.6 Å². The molecule has 2 saturated heterocycles. The summed E-state index contributed by atoms with van der Waals surface area (Å²) < 4.78 is 0. The van der Waals surface area contributed by atoms with E-state index in [4.69, 9.17) is 5.73 Å². The maximum Gasteiger partial charge on any atom is 0.271 e. The van der Waals surface area contributed by atoms with Gasteiger partial charge in [0.2, 0.25) is 17.7 Å². The van der Waals surface area contributed by atoms with E-state index in [1.165, 1.54) is 24.3 Å². The lowest BCUT2D eigenvalue weighted by atomic mass is 9.84. The van der Waals surface area contributed by atoms with Crippen molar-refractivity contribution in [3.8, 4) is 0 Å². The Balaban J connectivity index is 1.64. The number of amides is 3. The van der Waals surface area contributed by atoms with Gasteiger partial charge in [0.05, 0.1) is 28.5 Å². The Labute approximate surface area is 170 Å². The van der Waals surface area contributed by atoms with Gasteiger partial charge in [-0.2, -0.15) is 0 Å². The number of nitro groups is 1. The second-order valence-electron chi connectivity index (χ2n) is 7.52. The molecule has 5 rings (SSSR count). The van der Waals surface area contributed by atoms with Crippen LogP contribution in [0.15, 0.2) is 54.7 Å². The van der Waals surface area contributed by atoms with Crippen LogP contribution in [0.4, 0.5) is 11.4 Å². The van der Waals surface area contributed by atoms with Gasteiger partial charge >= 0.3 is 0 Å². The molecule has 4 atom stereocenters. The minimum Gasteiger partial charge on any atom is -0.368 e. The molecule has 3 aliphatic heterocycles. The van der Waals surface area contributed by atoms with Crippen LogP contribution >= 0.6 is 0 Å². The summed E-state index contributed by atoms with van der Waals surface area (Å²) in [5.74, 6) is -3.54. The maximum atomic E-state index is 13.4. The van der Waals surface area contributed by atoms with Crippen LogP contribution in [-0.2, 0) is 14.4 Å². The number of nitro benzene ring substituents is 1. The summed E-state index contributed by atoms with van der Waals surface area (Å²) >= 11 is 0. The van der Waals surface area contributed by atoms with Crippen LogP contribution in [0.25, 0.3) is 6.08 Å². The number of carbonyl (C=O) groups is 3. The van der Waals surface area contributed by atoms with E-state index >= 15 is 0 Å². The number of carbonyl (C=O) groups excluding carboxylic acids is 3. The predicted octanol–water partition coefficient (Wildman–Crippen LogP) is 1.60. The average molecular weight is 404 g/mol. The number of hydrogen-bond acceptors (Lipinski definition) is 6. The van der Waals surface area contributed by atoms with Gasteiger partial charge in [-0.15, -0.1) is 0 Å². The third-order valence-electron chi connectivity index (χ3n) is 6.05. The lowest BCUT2D eigenvalue weighted by Gasteiger charge is -2.34. The zero-order chi connectivity index (χ0) is 21.2. The molecule has 2 aromatic carbocycles. The maximum absolute atomic E-state index is 13.4. The number of fused-ring (bicyclic) bond motifs is 5. The van der Waals surface area contributed by atoms with Gasteiger partial charge in [-0.25, -0.2) is 4.90 Å². The summed E-state index contributed by atoms with van der Waals surface area (Å²) in [6.07, 6.45) is 3.54. The van der Waals surface area contributed by atoms with E-state index in [0.29, 0.717) is 0 Å². The van der Waals surface area contributed by atoms with Crippen molar-refractivity contribution in [2.75, 3.05) is 4.90 Å². The van der Waals surface area contributed by atoms with Crippen molar-refractivity contribution in [1.29, 1.82) is 0 Å². The molecule has 0 spiro atoms. The van der Waals surface area contributed by atoms with Gasteiger partial charge in [0.15, 0.2) is 0 Å². The molecule has 0 bridgehead atoms. The molecule has 9 nitrogen and oxygen atoms in total. The van der Waals surface area contributed by atoms with Crippen LogP contribution in [0.2, 0.25) is 0 Å². The predicted molar refractivity (Wildman–Crippen MR) is 106 cm³/mol. The summed E-state index contributed by atoms with van der Waals surface area (Å²) in [5.41, 5.74) is 7.27. The summed E-state index contributed by atoms with van der Waals surface area (Å²) in [7, 11) is 0. The van der Waals surface area contributed by atoms with E-state index in [1.807, 2.05) is 30.3 Å². The first-order chi connectivity index (χ1) is 14.4. The largest absolute Gasteiger partial charge is 0.368 e. The summed E-state index contributed by atoms with van der Waals surface area (Å²) in [6, 6.07) is 11.3. The number of hydrogen-bond donors (Lipinski definition) is 1. The van der Waals surface area contributed by atoms with E-state index in [0.717, 1.165) is 16.0 Å². The Morgan fingerprint density at radius 3 is 2.50 bits per heavy atom. The number of primary amides is 1. The molecule has 0 aliphatic carbocycles. The molecule has 2 aromatic rings. The molecule has 0 saturated carbocycles. The first kappa shape index (κ1) is 18.0. The molecular weight excluding hydrogens is 388 g/mol. The average Bonchev–Trinajstić information content (AvgIpc) is 3.21. The number of non-ortho nitro benzene ring substituents is 1. The highest BCUT2D eigenvalue weighted by Crippen LogP contribution is 2.53. The molecule has 3 aliphatic rings. The Morgan fingerprint density at radius 2 is 1.77 bits per heavy atom. The van der Waals surface area contributed by atoms with Gasteiger partial charge in [0.1, 0.15) is 6.04 Å². The van der Waals surface area contributed by atoms with Crippen molar-refractivity contribution >= 4 is 35.2 Å². The zero-order valence-electron chi connectivity index (χ0n) is 15.5. The summed E-state index contributed by atoms with van der Waals surface area (Å²) in [6.45, 7) is 0. The third-order valence-corrected chi connectivity index (χ3v) is 6.05. The molecule has 30 heavy (non-hydrogen) atoms. The normalized spacial score (nSPS) is 26.4. The second-order valence-corrected chi connectivity index (χ2v) is 7.52. The molecule has 9 heteroatoms. The van der Waals surface area contributed by atoms with Crippen molar-refractivity contribution in [1.82, 2.24) is 4.90 Å². The Bertz CT molecular complexity index is 1160. The van der Waals surface area contributed by atoms with Gasteiger partial charge in [0.25, 0.3) is 5.69 Å². The molecule has 0 aromatic heterocycles. The van der Waals surface area contributed by atoms with Crippen LogP contribution in [0.5, 0.6) is 0 Å². The van der Waals surface area contributed by atoms with Crippen molar-refractivity contribution in [2.24, 2.45) is 17.6 Å². The van der Waals surface area contributed by atoms with Crippen LogP contribution in [0.1, 0.15) is 17.2 Å². The van der Waals surface area contributed by atoms with Crippen molar-refractivity contribution in [2.45, 2.75) is 12.1 Å². The third kappa shape index (κ3) is 2.32. The van der Waals surface area contributed by atoms with Gasteiger partial charge in [0, 0.05) is 18.3 Å². The van der Waals surface area contributed by atoms with E-state index in [9.17, 15) is 24.5 Å². The summed E-state index contributed by atoms with van der Waals surface area (Å²) in [5, 5.41) is 11.1. The quantitative estimate of drug-likeness (QED) is 0.470.